The lowest BCUT2D eigenvalue weighted by molar-refractivity contribution is 0.0945. The van der Waals surface area contributed by atoms with Gasteiger partial charge >= 0.3 is 0 Å². The summed E-state index contributed by atoms with van der Waals surface area (Å²) in [6, 6.07) is 10.5. The molecule has 6 heterocycles. The lowest BCUT2D eigenvalue weighted by Crippen LogP contribution is -2.27. The number of aromatic nitrogens is 4. The van der Waals surface area contributed by atoms with Crippen LogP contribution in [0.2, 0.25) is 0 Å². The molecular weight excluding hydrogens is 432 g/mol. The van der Waals surface area contributed by atoms with Crippen LogP contribution in [0, 0.1) is 5.92 Å². The molecule has 34 heavy (non-hydrogen) atoms. The summed E-state index contributed by atoms with van der Waals surface area (Å²) < 4.78 is 9.18. The molecule has 4 aromatic heterocycles. The summed E-state index contributed by atoms with van der Waals surface area (Å²) in [7, 11) is 0. The molecule has 172 valence electrons. The summed E-state index contributed by atoms with van der Waals surface area (Å²) in [5.74, 6) is 0.125. The van der Waals surface area contributed by atoms with E-state index in [1.54, 1.807) is 24.4 Å². The fourth-order valence-corrected chi connectivity index (χ4v) is 4.67. The van der Waals surface area contributed by atoms with Crippen molar-refractivity contribution in [3.8, 4) is 0 Å². The first-order chi connectivity index (χ1) is 16.6. The Hall–Kier alpha value is -3.82. The summed E-state index contributed by atoms with van der Waals surface area (Å²) >= 11 is 0. The van der Waals surface area contributed by atoms with Crippen LogP contribution in [0.3, 0.4) is 0 Å². The van der Waals surface area contributed by atoms with Gasteiger partial charge in [0.25, 0.3) is 11.5 Å². The highest BCUT2D eigenvalue weighted by Crippen LogP contribution is 2.33. The molecule has 0 saturated carbocycles. The van der Waals surface area contributed by atoms with Gasteiger partial charge in [0.2, 0.25) is 0 Å². The molecule has 1 saturated heterocycles. The number of nitrogens with zero attached hydrogens (tertiary/aromatic N) is 4. The van der Waals surface area contributed by atoms with Gasteiger partial charge in [-0.05, 0) is 30.2 Å². The number of amides is 1. The highest BCUT2D eigenvalue weighted by Gasteiger charge is 2.36. The van der Waals surface area contributed by atoms with E-state index in [2.05, 4.69) is 38.8 Å². The maximum Gasteiger partial charge on any atom is 0.270 e. The van der Waals surface area contributed by atoms with Crippen molar-refractivity contribution in [3.05, 3.63) is 94.4 Å². The molecule has 0 aliphatic carbocycles. The first-order valence-corrected chi connectivity index (χ1v) is 11.4. The normalized spacial score (nSPS) is 21.0. The lowest BCUT2D eigenvalue weighted by Gasteiger charge is -2.16. The average Bonchev–Trinajstić information content (AvgIpc) is 3.58. The molecule has 4 aromatic rings. The van der Waals surface area contributed by atoms with Crippen LogP contribution >= 0.6 is 0 Å². The molecule has 9 nitrogen and oxygen atoms in total. The van der Waals surface area contributed by atoms with Crippen LogP contribution in [0.1, 0.15) is 28.2 Å². The van der Waals surface area contributed by atoms with E-state index in [0.717, 1.165) is 36.4 Å². The molecule has 0 unspecified atom stereocenters. The molecule has 3 atom stereocenters. The summed E-state index contributed by atoms with van der Waals surface area (Å²) in [6.45, 7) is 1.93. The van der Waals surface area contributed by atoms with Crippen LogP contribution in [0.15, 0.2) is 71.9 Å². The average molecular weight is 457 g/mol. The SMILES string of the molecule is O=C(NCc1cn2cc(CNC[C@@H]3C[C@H]4C=C[C@@H]3O4)ccc2n1)c1cc(=O)n2ccccc2n1. The molecule has 2 bridgehead atoms. The molecule has 0 radical (unpaired) electrons. The molecule has 1 amide bonds. The van der Waals surface area contributed by atoms with Gasteiger partial charge in [-0.2, -0.15) is 0 Å². The van der Waals surface area contributed by atoms with E-state index in [1.807, 2.05) is 22.9 Å². The third-order valence-corrected chi connectivity index (χ3v) is 6.38. The van der Waals surface area contributed by atoms with Crippen molar-refractivity contribution in [2.45, 2.75) is 31.7 Å². The highest BCUT2D eigenvalue weighted by molar-refractivity contribution is 5.92. The number of rotatable bonds is 7. The topological polar surface area (TPSA) is 102 Å². The Labute approximate surface area is 195 Å². The Kier molecular flexibility index (Phi) is 5.20. The van der Waals surface area contributed by atoms with Gasteiger partial charge in [0.05, 0.1) is 24.4 Å². The molecule has 2 aliphatic heterocycles. The van der Waals surface area contributed by atoms with E-state index in [9.17, 15) is 9.59 Å². The van der Waals surface area contributed by atoms with Gasteiger partial charge in [0.1, 0.15) is 17.0 Å². The Morgan fingerprint density at radius 3 is 2.88 bits per heavy atom. The Bertz CT molecular complexity index is 1470. The number of pyridine rings is 2. The second-order valence-corrected chi connectivity index (χ2v) is 8.78. The van der Waals surface area contributed by atoms with E-state index < -0.39 is 5.91 Å². The lowest BCUT2D eigenvalue weighted by atomic mass is 9.94. The minimum absolute atomic E-state index is 0.0877. The summed E-state index contributed by atoms with van der Waals surface area (Å²) in [5, 5.41) is 6.34. The van der Waals surface area contributed by atoms with Gasteiger partial charge in [-0.1, -0.05) is 24.3 Å². The summed E-state index contributed by atoms with van der Waals surface area (Å²) in [4.78, 5) is 33.7. The number of nitrogens with one attached hydrogen (secondary N) is 2. The van der Waals surface area contributed by atoms with Crippen LogP contribution in [0.4, 0.5) is 0 Å². The van der Waals surface area contributed by atoms with Gasteiger partial charge in [-0.25, -0.2) is 9.97 Å². The second kappa shape index (κ2) is 8.51. The smallest absolute Gasteiger partial charge is 0.270 e. The van der Waals surface area contributed by atoms with Crippen LogP contribution in [0.5, 0.6) is 0 Å². The molecular formula is C25H24N6O3. The minimum Gasteiger partial charge on any atom is -0.367 e. The zero-order valence-electron chi connectivity index (χ0n) is 18.4. The van der Waals surface area contributed by atoms with Crippen LogP contribution in [-0.2, 0) is 17.8 Å². The van der Waals surface area contributed by atoms with Crippen molar-refractivity contribution in [2.24, 2.45) is 5.92 Å². The number of ether oxygens (including phenoxy) is 1. The maximum absolute atomic E-state index is 12.6. The van der Waals surface area contributed by atoms with Crippen molar-refractivity contribution in [3.63, 3.8) is 0 Å². The van der Waals surface area contributed by atoms with Crippen molar-refractivity contribution >= 4 is 17.2 Å². The van der Waals surface area contributed by atoms with E-state index in [1.165, 1.54) is 10.5 Å². The van der Waals surface area contributed by atoms with Gasteiger partial charge in [0, 0.05) is 43.7 Å². The monoisotopic (exact) mass is 456 g/mol. The fraction of sp³-hybridized carbons (Fsp3) is 0.280. The van der Waals surface area contributed by atoms with Crippen molar-refractivity contribution in [1.29, 1.82) is 0 Å². The van der Waals surface area contributed by atoms with E-state index in [0.29, 0.717) is 17.7 Å². The molecule has 0 spiro atoms. The Balaban J connectivity index is 1.08. The second-order valence-electron chi connectivity index (χ2n) is 8.78. The van der Waals surface area contributed by atoms with Crippen LogP contribution in [-0.4, -0.2) is 43.4 Å². The number of imidazole rings is 1. The zero-order valence-corrected chi connectivity index (χ0v) is 18.4. The van der Waals surface area contributed by atoms with E-state index in [4.69, 9.17) is 4.74 Å². The summed E-state index contributed by atoms with van der Waals surface area (Å²) in [5.41, 5.74) is 2.90. The highest BCUT2D eigenvalue weighted by atomic mass is 16.5. The van der Waals surface area contributed by atoms with Crippen molar-refractivity contribution < 1.29 is 9.53 Å². The fourth-order valence-electron chi connectivity index (χ4n) is 4.67. The molecule has 9 heteroatoms. The first kappa shape index (κ1) is 20.8. The number of carbonyl (C=O) groups is 1. The standard InChI is InChI=1S/C25H24N6O3/c32-24-10-20(29-23-3-1-2-8-31(23)24)25(33)27-13-18-15-30-14-16(4-7-22(30)28-18)11-26-12-17-9-19-5-6-21(17)34-19/h1-8,10,14-15,17,19,21,26H,9,11-13H2,(H,27,33)/t17-,19+,21-/m0/s1. The number of carbonyl (C=O) groups excluding carboxylic acids is 1. The first-order valence-electron chi connectivity index (χ1n) is 11.4. The largest absolute Gasteiger partial charge is 0.367 e. The third kappa shape index (κ3) is 4.00. The van der Waals surface area contributed by atoms with Crippen molar-refractivity contribution in [1.82, 2.24) is 29.4 Å². The predicted molar refractivity (Wildman–Crippen MR) is 125 cm³/mol. The van der Waals surface area contributed by atoms with Crippen molar-refractivity contribution in [2.75, 3.05) is 6.54 Å². The van der Waals surface area contributed by atoms with Crippen LogP contribution < -0.4 is 16.2 Å². The molecule has 2 aliphatic rings. The zero-order chi connectivity index (χ0) is 23.1. The summed E-state index contributed by atoms with van der Waals surface area (Å²) in [6.07, 6.45) is 11.6. The molecule has 0 aromatic carbocycles. The van der Waals surface area contributed by atoms with Gasteiger partial charge < -0.3 is 19.8 Å². The number of hydrogen-bond acceptors (Lipinski definition) is 6. The minimum atomic E-state index is -0.412. The van der Waals surface area contributed by atoms with Gasteiger partial charge in [-0.15, -0.1) is 0 Å². The van der Waals surface area contributed by atoms with E-state index in [-0.39, 0.29) is 23.9 Å². The Morgan fingerprint density at radius 1 is 1.09 bits per heavy atom. The molecule has 1 fully saturated rings. The molecule has 2 N–H and O–H groups in total. The quantitative estimate of drug-likeness (QED) is 0.411. The number of hydrogen-bond donors (Lipinski definition) is 2. The molecule has 6 rings (SSSR count). The predicted octanol–water partition coefficient (Wildman–Crippen LogP) is 1.71. The number of fused-ring (bicyclic) bond motifs is 4. The van der Waals surface area contributed by atoms with Gasteiger partial charge in [-0.3, -0.25) is 14.0 Å². The third-order valence-electron chi connectivity index (χ3n) is 6.38. The van der Waals surface area contributed by atoms with E-state index >= 15 is 0 Å². The maximum atomic E-state index is 12.6. The Morgan fingerprint density at radius 2 is 2.03 bits per heavy atom. The van der Waals surface area contributed by atoms with Gasteiger partial charge in [0.15, 0.2) is 0 Å². The van der Waals surface area contributed by atoms with Crippen LogP contribution in [0.25, 0.3) is 11.3 Å².